The summed E-state index contributed by atoms with van der Waals surface area (Å²) < 4.78 is 26.4. The van der Waals surface area contributed by atoms with Crippen LogP contribution in [0.2, 0.25) is 0 Å². The van der Waals surface area contributed by atoms with Gasteiger partial charge in [0.25, 0.3) is 0 Å². The molecule has 0 amide bonds. The second-order valence-corrected chi connectivity index (χ2v) is 16.6. The third-order valence-corrected chi connectivity index (χ3v) is 10.5. The molecular weight excluding hydrogens is 707 g/mol. The van der Waals surface area contributed by atoms with Gasteiger partial charge in [-0.2, -0.15) is 0 Å². The zero-order chi connectivity index (χ0) is 40.0. The number of carbonyl (C=O) groups excluding carboxylic acids is 2. The van der Waals surface area contributed by atoms with Gasteiger partial charge >= 0.3 is 19.8 Å². The summed E-state index contributed by atoms with van der Waals surface area (Å²) >= 11 is 0. The van der Waals surface area contributed by atoms with Gasteiger partial charge in [-0.05, 0) is 38.5 Å². The van der Waals surface area contributed by atoms with Crippen molar-refractivity contribution in [2.24, 2.45) is 0 Å². The third-order valence-electron chi connectivity index (χ3n) is 9.98. The summed E-state index contributed by atoms with van der Waals surface area (Å²) in [5.74, 6) is -0.985. The maximum atomic E-state index is 12.4. The fourth-order valence-corrected chi connectivity index (χ4v) is 6.88. The highest BCUT2D eigenvalue weighted by molar-refractivity contribution is 7.46. The fraction of sp³-hybridized carbons (Fsp3) is 0.907. The van der Waals surface area contributed by atoms with Crippen LogP contribution >= 0.6 is 7.82 Å². The van der Waals surface area contributed by atoms with Gasteiger partial charge in [0.15, 0.2) is 6.10 Å². The molecule has 0 aliphatic carbocycles. The summed E-state index contributed by atoms with van der Waals surface area (Å²) in [6.07, 6.45) is 35.3. The van der Waals surface area contributed by atoms with Crippen molar-refractivity contribution in [2.75, 3.05) is 13.2 Å². The fourth-order valence-electron chi connectivity index (χ4n) is 6.52. The van der Waals surface area contributed by atoms with E-state index in [1.54, 1.807) is 0 Å². The zero-order valence-electron chi connectivity index (χ0n) is 34.6. The van der Waals surface area contributed by atoms with Crippen LogP contribution in [0.25, 0.3) is 0 Å². The Hall–Kier alpha value is -1.29. The van der Waals surface area contributed by atoms with Gasteiger partial charge in [0, 0.05) is 12.8 Å². The number of hydrogen-bond acceptors (Lipinski definition) is 8. The lowest BCUT2D eigenvalue weighted by atomic mass is 10.0. The molecule has 0 aliphatic heterocycles. The predicted octanol–water partition coefficient (Wildman–Crippen LogP) is 11.4. The first-order valence-electron chi connectivity index (χ1n) is 22.1. The minimum Gasteiger partial charge on any atom is -0.462 e. The van der Waals surface area contributed by atoms with Crippen molar-refractivity contribution in [3.05, 3.63) is 12.2 Å². The Kier molecular flexibility index (Phi) is 37.7. The highest BCUT2D eigenvalue weighted by Crippen LogP contribution is 2.36. The Morgan fingerprint density at radius 1 is 0.537 bits per heavy atom. The van der Waals surface area contributed by atoms with E-state index >= 15 is 0 Å². The van der Waals surface area contributed by atoms with Crippen molar-refractivity contribution >= 4 is 19.8 Å². The maximum absolute atomic E-state index is 12.4. The number of phosphoric ester groups is 1. The summed E-state index contributed by atoms with van der Waals surface area (Å²) in [6.45, 7) is 3.52. The highest BCUT2D eigenvalue weighted by atomic mass is 31.2. The summed E-state index contributed by atoms with van der Waals surface area (Å²) in [5, 5.41) is 20.3. The van der Waals surface area contributed by atoms with Gasteiger partial charge in [-0.25, -0.2) is 4.57 Å². The summed E-state index contributed by atoms with van der Waals surface area (Å²) in [5.41, 5.74) is 0. The average molecular weight is 791 g/mol. The van der Waals surface area contributed by atoms with Crippen molar-refractivity contribution in [1.82, 2.24) is 0 Å². The van der Waals surface area contributed by atoms with Crippen LogP contribution in [0.5, 0.6) is 0 Å². The van der Waals surface area contributed by atoms with Crippen molar-refractivity contribution < 1.29 is 48.2 Å². The molecule has 0 aromatic carbocycles. The second kappa shape index (κ2) is 38.6. The van der Waals surface area contributed by atoms with Crippen LogP contribution in [0.15, 0.2) is 12.2 Å². The second-order valence-electron chi connectivity index (χ2n) is 15.3. The highest BCUT2D eigenvalue weighted by Gasteiger charge is 2.23. The number of phosphoric acid groups is 1. The number of esters is 2. The molecule has 10 nitrogen and oxygen atoms in total. The molecule has 0 bridgehead atoms. The van der Waals surface area contributed by atoms with Crippen LogP contribution in [0, 0.1) is 0 Å². The SMILES string of the molecule is CCCCC/C=C\C[C@@H](O)[C@H](O)CCCCCCCC(=O)OC[C@H](COP(=O)(O)O)OC(=O)CCCCCCCCCCCCCCCCCCCCC. The number of carbonyl (C=O) groups is 2. The van der Waals surface area contributed by atoms with E-state index in [-0.39, 0.29) is 19.4 Å². The molecule has 0 spiro atoms. The van der Waals surface area contributed by atoms with Crippen LogP contribution in [0.4, 0.5) is 0 Å². The van der Waals surface area contributed by atoms with E-state index in [9.17, 15) is 24.4 Å². The van der Waals surface area contributed by atoms with E-state index < -0.39 is 44.7 Å². The topological polar surface area (TPSA) is 160 Å². The van der Waals surface area contributed by atoms with Crippen LogP contribution in [-0.4, -0.2) is 63.5 Å². The molecule has 0 saturated heterocycles. The van der Waals surface area contributed by atoms with E-state index in [1.807, 2.05) is 6.08 Å². The number of rotatable bonds is 41. The number of aliphatic hydroxyl groups excluding tert-OH is 2. The Labute approximate surface area is 330 Å². The quantitative estimate of drug-likeness (QED) is 0.0203. The Morgan fingerprint density at radius 2 is 0.963 bits per heavy atom. The minimum absolute atomic E-state index is 0.172. The van der Waals surface area contributed by atoms with Gasteiger partial charge in [0.05, 0.1) is 18.8 Å². The van der Waals surface area contributed by atoms with Gasteiger partial charge in [-0.3, -0.25) is 14.1 Å². The Bertz CT molecular complexity index is 924. The van der Waals surface area contributed by atoms with E-state index in [4.69, 9.17) is 19.3 Å². The standard InChI is InChI=1S/C43H83O10P/c1-3-5-7-9-11-12-13-14-15-16-17-18-19-20-21-22-23-27-32-36-43(47)53-39(38-52-54(48,49)50)37-51-42(46)35-31-28-24-26-30-34-41(45)40(44)33-29-25-10-8-6-4-2/h25,29,39-41,44-45H,3-24,26-28,30-38H2,1-2H3,(H2,48,49,50)/b29-25-/t39-,40-,41-/m1/s1. The monoisotopic (exact) mass is 791 g/mol. The third kappa shape index (κ3) is 39.0. The first-order chi connectivity index (χ1) is 26.1. The Balaban J connectivity index is 3.96. The smallest absolute Gasteiger partial charge is 0.462 e. The average Bonchev–Trinajstić information content (AvgIpc) is 3.14. The van der Waals surface area contributed by atoms with Crippen molar-refractivity contribution in [2.45, 2.75) is 238 Å². The molecule has 0 radical (unpaired) electrons. The van der Waals surface area contributed by atoms with Crippen LogP contribution in [0.3, 0.4) is 0 Å². The molecule has 0 saturated carbocycles. The van der Waals surface area contributed by atoms with Gasteiger partial charge < -0.3 is 29.5 Å². The lowest BCUT2D eigenvalue weighted by molar-refractivity contribution is -0.161. The molecular formula is C43H83O10P. The number of unbranched alkanes of at least 4 members (excludes halogenated alkanes) is 25. The minimum atomic E-state index is -4.79. The van der Waals surface area contributed by atoms with Crippen molar-refractivity contribution in [3.63, 3.8) is 0 Å². The van der Waals surface area contributed by atoms with Crippen LogP contribution in [-0.2, 0) is 28.2 Å². The van der Waals surface area contributed by atoms with Crippen LogP contribution in [0.1, 0.15) is 219 Å². The molecule has 0 aromatic heterocycles. The van der Waals surface area contributed by atoms with Gasteiger partial charge in [0.2, 0.25) is 0 Å². The predicted molar refractivity (Wildman–Crippen MR) is 219 cm³/mol. The molecule has 4 N–H and O–H groups in total. The molecule has 0 aliphatic rings. The normalized spacial score (nSPS) is 13.7. The van der Waals surface area contributed by atoms with Gasteiger partial charge in [0.1, 0.15) is 6.61 Å². The summed E-state index contributed by atoms with van der Waals surface area (Å²) in [7, 11) is -4.79. The molecule has 0 fully saturated rings. The number of hydrogen-bond donors (Lipinski definition) is 4. The molecule has 0 aromatic rings. The molecule has 0 unspecified atom stereocenters. The molecule has 0 rings (SSSR count). The maximum Gasteiger partial charge on any atom is 0.469 e. The lowest BCUT2D eigenvalue weighted by Crippen LogP contribution is -2.29. The van der Waals surface area contributed by atoms with Gasteiger partial charge in [-0.15, -0.1) is 0 Å². The first kappa shape index (κ1) is 52.7. The zero-order valence-corrected chi connectivity index (χ0v) is 35.5. The number of aliphatic hydroxyl groups is 2. The summed E-state index contributed by atoms with van der Waals surface area (Å²) in [4.78, 5) is 42.9. The number of ether oxygens (including phenoxy) is 2. The first-order valence-corrected chi connectivity index (χ1v) is 23.7. The summed E-state index contributed by atoms with van der Waals surface area (Å²) in [6, 6.07) is 0. The van der Waals surface area contributed by atoms with Gasteiger partial charge in [-0.1, -0.05) is 180 Å². The van der Waals surface area contributed by atoms with E-state index in [0.29, 0.717) is 25.7 Å². The molecule has 320 valence electrons. The van der Waals surface area contributed by atoms with Crippen molar-refractivity contribution in [1.29, 1.82) is 0 Å². The Morgan fingerprint density at radius 3 is 1.44 bits per heavy atom. The van der Waals surface area contributed by atoms with E-state index in [1.165, 1.54) is 109 Å². The molecule has 11 heteroatoms. The largest absolute Gasteiger partial charge is 0.469 e. The molecule has 3 atom stereocenters. The lowest BCUT2D eigenvalue weighted by Gasteiger charge is -2.18. The number of allylic oxidation sites excluding steroid dienone is 1. The van der Waals surface area contributed by atoms with E-state index in [2.05, 4.69) is 24.4 Å². The van der Waals surface area contributed by atoms with Crippen molar-refractivity contribution in [3.8, 4) is 0 Å². The van der Waals surface area contributed by atoms with Crippen LogP contribution < -0.4 is 0 Å². The molecule has 0 heterocycles. The molecule has 54 heavy (non-hydrogen) atoms. The van der Waals surface area contributed by atoms with E-state index in [0.717, 1.165) is 57.8 Å².